The van der Waals surface area contributed by atoms with Gasteiger partial charge < -0.3 is 19.5 Å². The molecule has 0 heterocycles. The minimum atomic E-state index is 0.301. The molecule has 22 heavy (non-hydrogen) atoms. The average molecular weight is 301 g/mol. The molecule has 0 aromatic heterocycles. The maximum absolute atomic E-state index is 9.30. The number of phenols is 1. The molecule has 4 heteroatoms. The molecule has 0 aliphatic rings. The van der Waals surface area contributed by atoms with E-state index in [-0.39, 0.29) is 0 Å². The van der Waals surface area contributed by atoms with Gasteiger partial charge in [-0.05, 0) is 48.9 Å². The molecule has 2 aromatic carbocycles. The van der Waals surface area contributed by atoms with E-state index in [0.717, 1.165) is 31.0 Å². The van der Waals surface area contributed by atoms with Crippen LogP contribution in [0.2, 0.25) is 0 Å². The van der Waals surface area contributed by atoms with Crippen LogP contribution in [0, 0.1) is 0 Å². The number of nitrogens with zero attached hydrogens (tertiary/aromatic N) is 1. The van der Waals surface area contributed by atoms with Gasteiger partial charge in [-0.1, -0.05) is 12.1 Å². The first kappa shape index (κ1) is 16.2. The summed E-state index contributed by atoms with van der Waals surface area (Å²) >= 11 is 0. The van der Waals surface area contributed by atoms with Crippen LogP contribution in [-0.2, 0) is 13.0 Å². The summed E-state index contributed by atoms with van der Waals surface area (Å²) in [6.45, 7) is 1.78. The minimum Gasteiger partial charge on any atom is -0.508 e. The van der Waals surface area contributed by atoms with E-state index in [9.17, 15) is 5.11 Å². The highest BCUT2D eigenvalue weighted by molar-refractivity contribution is 5.38. The third kappa shape index (κ3) is 4.67. The molecule has 0 saturated carbocycles. The Balaban J connectivity index is 1.92. The van der Waals surface area contributed by atoms with E-state index in [1.807, 2.05) is 30.3 Å². The average Bonchev–Trinajstić information content (AvgIpc) is 2.54. The SMILES string of the molecule is COc1cc(CCN(C)Cc2ccc(O)cc2)cc(OC)c1. The summed E-state index contributed by atoms with van der Waals surface area (Å²) in [5, 5.41) is 9.30. The molecule has 1 N–H and O–H groups in total. The van der Waals surface area contributed by atoms with Crippen LogP contribution in [0.3, 0.4) is 0 Å². The highest BCUT2D eigenvalue weighted by Crippen LogP contribution is 2.23. The normalized spacial score (nSPS) is 10.7. The van der Waals surface area contributed by atoms with Crippen molar-refractivity contribution in [2.24, 2.45) is 0 Å². The maximum Gasteiger partial charge on any atom is 0.122 e. The summed E-state index contributed by atoms with van der Waals surface area (Å²) in [5.41, 5.74) is 2.37. The zero-order valence-corrected chi connectivity index (χ0v) is 13.4. The Kier molecular flexibility index (Phi) is 5.67. The summed E-state index contributed by atoms with van der Waals surface area (Å²) in [6, 6.07) is 13.3. The van der Waals surface area contributed by atoms with E-state index >= 15 is 0 Å². The lowest BCUT2D eigenvalue weighted by Gasteiger charge is -2.17. The largest absolute Gasteiger partial charge is 0.508 e. The van der Waals surface area contributed by atoms with Crippen LogP contribution in [0.1, 0.15) is 11.1 Å². The second kappa shape index (κ2) is 7.71. The van der Waals surface area contributed by atoms with Gasteiger partial charge in [-0.2, -0.15) is 0 Å². The van der Waals surface area contributed by atoms with Crippen molar-refractivity contribution in [2.45, 2.75) is 13.0 Å². The van der Waals surface area contributed by atoms with Crippen molar-refractivity contribution in [1.29, 1.82) is 0 Å². The van der Waals surface area contributed by atoms with E-state index in [1.165, 1.54) is 11.1 Å². The zero-order chi connectivity index (χ0) is 15.9. The van der Waals surface area contributed by atoms with Gasteiger partial charge in [0.25, 0.3) is 0 Å². The van der Waals surface area contributed by atoms with Crippen molar-refractivity contribution in [3.05, 3.63) is 53.6 Å². The number of phenolic OH excluding ortho intramolecular Hbond substituents is 1. The van der Waals surface area contributed by atoms with E-state index in [0.29, 0.717) is 5.75 Å². The van der Waals surface area contributed by atoms with Crippen LogP contribution in [-0.4, -0.2) is 37.8 Å². The Morgan fingerprint density at radius 3 is 2.05 bits per heavy atom. The van der Waals surface area contributed by atoms with Crippen molar-refractivity contribution in [3.8, 4) is 17.2 Å². The van der Waals surface area contributed by atoms with Crippen molar-refractivity contribution >= 4 is 0 Å². The van der Waals surface area contributed by atoms with Crippen LogP contribution in [0.5, 0.6) is 17.2 Å². The molecule has 0 fully saturated rings. The van der Waals surface area contributed by atoms with Gasteiger partial charge in [0.05, 0.1) is 14.2 Å². The first-order chi connectivity index (χ1) is 10.6. The molecule has 0 radical (unpaired) electrons. The number of benzene rings is 2. The molecule has 0 spiro atoms. The summed E-state index contributed by atoms with van der Waals surface area (Å²) in [6.07, 6.45) is 0.919. The predicted molar refractivity (Wildman–Crippen MR) is 87.7 cm³/mol. The predicted octanol–water partition coefficient (Wildman–Crippen LogP) is 3.08. The van der Waals surface area contributed by atoms with E-state index < -0.39 is 0 Å². The highest BCUT2D eigenvalue weighted by atomic mass is 16.5. The van der Waals surface area contributed by atoms with Crippen LogP contribution >= 0.6 is 0 Å². The van der Waals surface area contributed by atoms with Gasteiger partial charge in [0.15, 0.2) is 0 Å². The molecule has 2 aromatic rings. The lowest BCUT2D eigenvalue weighted by atomic mass is 10.1. The van der Waals surface area contributed by atoms with Gasteiger partial charge in [0.1, 0.15) is 17.2 Å². The quantitative estimate of drug-likeness (QED) is 0.853. The summed E-state index contributed by atoms with van der Waals surface area (Å²) < 4.78 is 10.6. The Morgan fingerprint density at radius 2 is 1.50 bits per heavy atom. The van der Waals surface area contributed by atoms with Crippen LogP contribution in [0.15, 0.2) is 42.5 Å². The lowest BCUT2D eigenvalue weighted by molar-refractivity contribution is 0.330. The number of likely N-dealkylation sites (N-methyl/N-ethyl adjacent to an activating group) is 1. The van der Waals surface area contributed by atoms with Crippen molar-refractivity contribution in [1.82, 2.24) is 4.90 Å². The van der Waals surface area contributed by atoms with Crippen molar-refractivity contribution in [3.63, 3.8) is 0 Å². The molecular weight excluding hydrogens is 278 g/mol. The number of rotatable bonds is 7. The Labute approximate surface area is 131 Å². The molecule has 2 rings (SSSR count). The zero-order valence-electron chi connectivity index (χ0n) is 13.4. The molecule has 0 atom stereocenters. The second-order valence-electron chi connectivity index (χ2n) is 5.38. The van der Waals surface area contributed by atoms with Crippen molar-refractivity contribution in [2.75, 3.05) is 27.8 Å². The van der Waals surface area contributed by atoms with Gasteiger partial charge in [-0.25, -0.2) is 0 Å². The van der Waals surface area contributed by atoms with Gasteiger partial charge in [-0.15, -0.1) is 0 Å². The molecule has 4 nitrogen and oxygen atoms in total. The third-order valence-electron chi connectivity index (χ3n) is 3.58. The molecular formula is C18H23NO3. The monoisotopic (exact) mass is 301 g/mol. The fraction of sp³-hybridized carbons (Fsp3) is 0.333. The number of hydrogen-bond acceptors (Lipinski definition) is 4. The molecule has 0 aliphatic carbocycles. The number of ether oxygens (including phenoxy) is 2. The highest BCUT2D eigenvalue weighted by Gasteiger charge is 2.05. The fourth-order valence-corrected chi connectivity index (χ4v) is 2.32. The van der Waals surface area contributed by atoms with Gasteiger partial charge in [-0.3, -0.25) is 0 Å². The number of hydrogen-bond donors (Lipinski definition) is 1. The summed E-state index contributed by atoms with van der Waals surface area (Å²) in [7, 11) is 5.41. The smallest absolute Gasteiger partial charge is 0.122 e. The first-order valence-electron chi connectivity index (χ1n) is 7.29. The maximum atomic E-state index is 9.30. The van der Waals surface area contributed by atoms with Crippen molar-refractivity contribution < 1.29 is 14.6 Å². The first-order valence-corrected chi connectivity index (χ1v) is 7.29. The molecule has 0 bridgehead atoms. The number of methoxy groups -OCH3 is 2. The Hall–Kier alpha value is -2.20. The minimum absolute atomic E-state index is 0.301. The topological polar surface area (TPSA) is 41.9 Å². The molecule has 0 unspecified atom stereocenters. The van der Waals surface area contributed by atoms with Crippen LogP contribution < -0.4 is 9.47 Å². The van der Waals surface area contributed by atoms with Gasteiger partial charge in [0.2, 0.25) is 0 Å². The lowest BCUT2D eigenvalue weighted by Crippen LogP contribution is -2.20. The third-order valence-corrected chi connectivity index (χ3v) is 3.58. The molecule has 0 amide bonds. The van der Waals surface area contributed by atoms with E-state index in [2.05, 4.69) is 11.9 Å². The van der Waals surface area contributed by atoms with Gasteiger partial charge in [0, 0.05) is 19.2 Å². The second-order valence-corrected chi connectivity index (χ2v) is 5.38. The van der Waals surface area contributed by atoms with Crippen LogP contribution in [0.25, 0.3) is 0 Å². The molecule has 0 aliphatic heterocycles. The fourth-order valence-electron chi connectivity index (χ4n) is 2.32. The van der Waals surface area contributed by atoms with Gasteiger partial charge >= 0.3 is 0 Å². The van der Waals surface area contributed by atoms with E-state index in [4.69, 9.17) is 9.47 Å². The molecule has 0 saturated heterocycles. The number of aromatic hydroxyl groups is 1. The molecule has 118 valence electrons. The Bertz CT molecular complexity index is 574. The van der Waals surface area contributed by atoms with Crippen LogP contribution in [0.4, 0.5) is 0 Å². The summed E-state index contributed by atoms with van der Waals surface area (Å²) in [4.78, 5) is 2.25. The summed E-state index contributed by atoms with van der Waals surface area (Å²) in [5.74, 6) is 1.93. The van der Waals surface area contributed by atoms with E-state index in [1.54, 1.807) is 26.4 Å². The Morgan fingerprint density at radius 1 is 0.909 bits per heavy atom. The standard InChI is InChI=1S/C18H23NO3/c1-19(13-14-4-6-16(20)7-5-14)9-8-15-10-17(21-2)12-18(11-15)22-3/h4-7,10-12,20H,8-9,13H2,1-3H3.